The van der Waals surface area contributed by atoms with Crippen molar-refractivity contribution in [2.24, 2.45) is 5.92 Å². The Labute approximate surface area is 136 Å². The Hall–Kier alpha value is -2.30. The van der Waals surface area contributed by atoms with Crippen LogP contribution >= 0.6 is 0 Å². The third-order valence-electron chi connectivity index (χ3n) is 3.40. The van der Waals surface area contributed by atoms with Crippen molar-refractivity contribution >= 4 is 12.1 Å². The van der Waals surface area contributed by atoms with Crippen LogP contribution in [0.4, 0.5) is 4.79 Å². The van der Waals surface area contributed by atoms with Gasteiger partial charge in [0.25, 0.3) is 0 Å². The molecule has 1 aromatic carbocycles. The summed E-state index contributed by atoms with van der Waals surface area (Å²) in [6, 6.07) is 9.45. The second kappa shape index (κ2) is 8.36. The molecule has 0 radical (unpaired) electrons. The molecule has 0 saturated heterocycles. The lowest BCUT2D eigenvalue weighted by atomic mass is 10.1. The van der Waals surface area contributed by atoms with Crippen LogP contribution in [0.2, 0.25) is 0 Å². The van der Waals surface area contributed by atoms with Gasteiger partial charge in [0.15, 0.2) is 0 Å². The number of rotatable bonds is 5. The molecule has 1 amide bonds. The highest BCUT2D eigenvalue weighted by Gasteiger charge is 2.28. The Morgan fingerprint density at radius 1 is 1.17 bits per heavy atom. The van der Waals surface area contributed by atoms with E-state index in [1.165, 1.54) is 4.90 Å². The fourth-order valence-corrected chi connectivity index (χ4v) is 2.22. The van der Waals surface area contributed by atoms with Crippen molar-refractivity contribution in [2.45, 2.75) is 33.3 Å². The monoisotopic (exact) mass is 317 g/mol. The van der Waals surface area contributed by atoms with E-state index >= 15 is 0 Å². The molecule has 5 heteroatoms. The predicted molar refractivity (Wildman–Crippen MR) is 86.4 cm³/mol. The van der Waals surface area contributed by atoms with Gasteiger partial charge in [0.1, 0.15) is 12.3 Å². The molecule has 2 rings (SSSR count). The molecule has 1 aliphatic heterocycles. The first-order valence-corrected chi connectivity index (χ1v) is 7.93. The molecule has 0 unspecified atom stereocenters. The molecule has 23 heavy (non-hydrogen) atoms. The molecule has 0 aromatic heterocycles. The second-order valence-electron chi connectivity index (χ2n) is 5.92. The van der Waals surface area contributed by atoms with Crippen molar-refractivity contribution in [3.05, 3.63) is 47.7 Å². The average molecular weight is 317 g/mol. The van der Waals surface area contributed by atoms with Crippen LogP contribution in [-0.2, 0) is 20.9 Å². The highest BCUT2D eigenvalue weighted by Crippen LogP contribution is 2.18. The van der Waals surface area contributed by atoms with Gasteiger partial charge in [-0.25, -0.2) is 9.59 Å². The zero-order valence-electron chi connectivity index (χ0n) is 13.7. The third kappa shape index (κ3) is 5.13. The number of esters is 1. The van der Waals surface area contributed by atoms with E-state index in [1.807, 2.05) is 44.2 Å². The van der Waals surface area contributed by atoms with Gasteiger partial charge < -0.3 is 9.47 Å². The quantitative estimate of drug-likeness (QED) is 0.780. The predicted octanol–water partition coefficient (Wildman–Crippen LogP) is 3.50. The molecule has 124 valence electrons. The van der Waals surface area contributed by atoms with Crippen LogP contribution in [0.3, 0.4) is 0 Å². The highest BCUT2D eigenvalue weighted by atomic mass is 16.6. The fourth-order valence-electron chi connectivity index (χ4n) is 2.22. The number of benzene rings is 1. The Bertz CT molecular complexity index is 566. The SMILES string of the molecule is CC(C)COC(=O)C1=CCCCN1C(=O)OCc1ccccc1. The molecule has 0 bridgehead atoms. The average Bonchev–Trinajstić information content (AvgIpc) is 2.58. The topological polar surface area (TPSA) is 55.8 Å². The number of carbonyl (C=O) groups excluding carboxylic acids is 2. The maximum atomic E-state index is 12.3. The summed E-state index contributed by atoms with van der Waals surface area (Å²) in [6.07, 6.45) is 2.80. The van der Waals surface area contributed by atoms with E-state index < -0.39 is 12.1 Å². The molecule has 0 fully saturated rings. The van der Waals surface area contributed by atoms with Crippen LogP contribution in [-0.4, -0.2) is 30.1 Å². The van der Waals surface area contributed by atoms with Crippen molar-refractivity contribution in [3.8, 4) is 0 Å². The Balaban J connectivity index is 1.95. The lowest BCUT2D eigenvalue weighted by Crippen LogP contribution is -2.37. The molecule has 0 spiro atoms. The van der Waals surface area contributed by atoms with E-state index in [2.05, 4.69) is 0 Å². The maximum Gasteiger partial charge on any atom is 0.414 e. The largest absolute Gasteiger partial charge is 0.461 e. The number of nitrogens with zero attached hydrogens (tertiary/aromatic N) is 1. The van der Waals surface area contributed by atoms with Gasteiger partial charge >= 0.3 is 12.1 Å². The van der Waals surface area contributed by atoms with Gasteiger partial charge in [0.05, 0.1) is 6.61 Å². The minimum absolute atomic E-state index is 0.185. The Morgan fingerprint density at radius 3 is 2.61 bits per heavy atom. The van der Waals surface area contributed by atoms with E-state index in [0.717, 1.165) is 18.4 Å². The van der Waals surface area contributed by atoms with E-state index in [4.69, 9.17) is 9.47 Å². The number of ether oxygens (including phenoxy) is 2. The van der Waals surface area contributed by atoms with Crippen LogP contribution in [0.15, 0.2) is 42.1 Å². The van der Waals surface area contributed by atoms with E-state index in [0.29, 0.717) is 13.2 Å². The van der Waals surface area contributed by atoms with Gasteiger partial charge in [0.2, 0.25) is 0 Å². The van der Waals surface area contributed by atoms with Crippen molar-refractivity contribution in [1.82, 2.24) is 4.90 Å². The summed E-state index contributed by atoms with van der Waals surface area (Å²) in [7, 11) is 0. The van der Waals surface area contributed by atoms with E-state index in [1.54, 1.807) is 6.08 Å². The zero-order chi connectivity index (χ0) is 16.7. The van der Waals surface area contributed by atoms with Gasteiger partial charge in [-0.1, -0.05) is 50.3 Å². The molecule has 0 N–H and O–H groups in total. The lowest BCUT2D eigenvalue weighted by Gasteiger charge is -2.26. The lowest BCUT2D eigenvalue weighted by molar-refractivity contribution is -0.142. The maximum absolute atomic E-state index is 12.3. The number of amides is 1. The summed E-state index contributed by atoms with van der Waals surface area (Å²) in [5.41, 5.74) is 1.20. The number of allylic oxidation sites excluding steroid dienone is 1. The summed E-state index contributed by atoms with van der Waals surface area (Å²) in [5, 5.41) is 0. The molecule has 1 aliphatic rings. The molecule has 0 atom stereocenters. The summed E-state index contributed by atoms with van der Waals surface area (Å²) in [6.45, 7) is 4.92. The van der Waals surface area contributed by atoms with Gasteiger partial charge in [-0.3, -0.25) is 4.90 Å². The van der Waals surface area contributed by atoms with Crippen LogP contribution in [0, 0.1) is 5.92 Å². The van der Waals surface area contributed by atoms with Crippen molar-refractivity contribution in [3.63, 3.8) is 0 Å². The van der Waals surface area contributed by atoms with Gasteiger partial charge in [-0.15, -0.1) is 0 Å². The summed E-state index contributed by atoms with van der Waals surface area (Å²) >= 11 is 0. The van der Waals surface area contributed by atoms with Crippen LogP contribution in [0.1, 0.15) is 32.3 Å². The second-order valence-corrected chi connectivity index (χ2v) is 5.92. The first kappa shape index (κ1) is 17.1. The van der Waals surface area contributed by atoms with Gasteiger partial charge in [-0.2, -0.15) is 0 Å². The number of carbonyl (C=O) groups is 2. The molecule has 5 nitrogen and oxygen atoms in total. The summed E-state index contributed by atoms with van der Waals surface area (Å²) < 4.78 is 10.5. The minimum Gasteiger partial charge on any atom is -0.461 e. The third-order valence-corrected chi connectivity index (χ3v) is 3.40. The van der Waals surface area contributed by atoms with Crippen LogP contribution < -0.4 is 0 Å². The molecular formula is C18H23NO4. The number of hydrogen-bond donors (Lipinski definition) is 0. The standard InChI is InChI=1S/C18H23NO4/c1-14(2)12-22-17(20)16-10-6-7-11-19(16)18(21)23-13-15-8-4-3-5-9-15/h3-5,8-10,14H,6-7,11-13H2,1-2H3. The van der Waals surface area contributed by atoms with Crippen molar-refractivity contribution < 1.29 is 19.1 Å². The van der Waals surface area contributed by atoms with Gasteiger partial charge in [0, 0.05) is 6.54 Å². The zero-order valence-corrected chi connectivity index (χ0v) is 13.7. The fraction of sp³-hybridized carbons (Fsp3) is 0.444. The van der Waals surface area contributed by atoms with Crippen molar-refractivity contribution in [2.75, 3.05) is 13.2 Å². The van der Waals surface area contributed by atoms with Crippen molar-refractivity contribution in [1.29, 1.82) is 0 Å². The normalized spacial score (nSPS) is 14.4. The molecular weight excluding hydrogens is 294 g/mol. The highest BCUT2D eigenvalue weighted by molar-refractivity contribution is 5.92. The summed E-state index contributed by atoms with van der Waals surface area (Å²) in [5.74, 6) is -0.211. The van der Waals surface area contributed by atoms with Crippen LogP contribution in [0.5, 0.6) is 0 Å². The first-order chi connectivity index (χ1) is 11.1. The molecule has 0 aliphatic carbocycles. The summed E-state index contributed by atoms with van der Waals surface area (Å²) in [4.78, 5) is 25.8. The van der Waals surface area contributed by atoms with E-state index in [9.17, 15) is 9.59 Å². The van der Waals surface area contributed by atoms with Crippen LogP contribution in [0.25, 0.3) is 0 Å². The molecule has 0 saturated carbocycles. The van der Waals surface area contributed by atoms with E-state index in [-0.39, 0.29) is 18.2 Å². The Kier molecular flexibility index (Phi) is 6.20. The van der Waals surface area contributed by atoms with Gasteiger partial charge in [-0.05, 0) is 24.3 Å². The minimum atomic E-state index is -0.513. The molecule has 1 aromatic rings. The Morgan fingerprint density at radius 2 is 1.91 bits per heavy atom. The first-order valence-electron chi connectivity index (χ1n) is 7.93. The smallest absolute Gasteiger partial charge is 0.414 e. The number of hydrogen-bond acceptors (Lipinski definition) is 4. The molecule has 1 heterocycles.